The molecule has 2 aliphatic heterocycles. The zero-order chi connectivity index (χ0) is 22.7. The van der Waals surface area contributed by atoms with E-state index in [4.69, 9.17) is 26.2 Å². The number of ether oxygens (including phenoxy) is 2. The van der Waals surface area contributed by atoms with Gasteiger partial charge in [0.05, 0.1) is 6.61 Å². The Balaban J connectivity index is 0.00000306. The summed E-state index contributed by atoms with van der Waals surface area (Å²) in [6, 6.07) is 12.2. The first-order valence-electron chi connectivity index (χ1n) is 11.5. The largest absolute Gasteiger partial charge is 0.492 e. The maximum Gasteiger partial charge on any atom is 0.303 e. The summed E-state index contributed by atoms with van der Waals surface area (Å²) in [6.07, 6.45) is 3.01. The molecule has 180 valence electrons. The van der Waals surface area contributed by atoms with Crippen LogP contribution in [0.2, 0.25) is 5.02 Å². The summed E-state index contributed by atoms with van der Waals surface area (Å²) < 4.78 is 12.2. The van der Waals surface area contributed by atoms with Gasteiger partial charge in [-0.25, -0.2) is 0 Å². The van der Waals surface area contributed by atoms with Crippen LogP contribution in [0.25, 0.3) is 0 Å². The Morgan fingerprint density at radius 2 is 2.00 bits per heavy atom. The summed E-state index contributed by atoms with van der Waals surface area (Å²) in [5.74, 6) is 1.38. The van der Waals surface area contributed by atoms with Crippen molar-refractivity contribution in [2.45, 2.75) is 57.5 Å². The van der Waals surface area contributed by atoms with Crippen molar-refractivity contribution in [3.63, 3.8) is 0 Å². The lowest BCUT2D eigenvalue weighted by Gasteiger charge is -2.38. The van der Waals surface area contributed by atoms with Crippen LogP contribution >= 0.6 is 24.0 Å². The molecule has 0 unspecified atom stereocenters. The highest BCUT2D eigenvalue weighted by Crippen LogP contribution is 2.46. The summed E-state index contributed by atoms with van der Waals surface area (Å²) in [7, 11) is 0. The monoisotopic (exact) mass is 493 g/mol. The fourth-order valence-corrected chi connectivity index (χ4v) is 5.18. The van der Waals surface area contributed by atoms with E-state index in [-0.39, 0.29) is 24.2 Å². The van der Waals surface area contributed by atoms with E-state index in [1.807, 2.05) is 24.3 Å². The molecule has 0 aliphatic carbocycles. The maximum absolute atomic E-state index is 10.7. The quantitative estimate of drug-likeness (QED) is 0.484. The molecule has 5 nitrogen and oxygen atoms in total. The van der Waals surface area contributed by atoms with Crippen molar-refractivity contribution in [2.24, 2.45) is 0 Å². The third-order valence-electron chi connectivity index (χ3n) is 6.87. The fraction of sp³-hybridized carbons (Fsp3) is 0.500. The van der Waals surface area contributed by atoms with Crippen LogP contribution in [-0.4, -0.2) is 42.2 Å². The number of carboxylic acid groups (broad SMARTS) is 1. The van der Waals surface area contributed by atoms with Gasteiger partial charge in [-0.2, -0.15) is 0 Å². The van der Waals surface area contributed by atoms with Gasteiger partial charge in [0.1, 0.15) is 18.1 Å². The third-order valence-corrected chi connectivity index (χ3v) is 7.22. The second-order valence-electron chi connectivity index (χ2n) is 9.32. The maximum atomic E-state index is 10.7. The van der Waals surface area contributed by atoms with E-state index in [1.54, 1.807) is 0 Å². The van der Waals surface area contributed by atoms with Crippen LogP contribution < -0.4 is 9.47 Å². The lowest BCUT2D eigenvalue weighted by molar-refractivity contribution is -0.137. The first kappa shape index (κ1) is 25.7. The second kappa shape index (κ2) is 11.0. The SMILES string of the molecule is CC(C)c1cccc(Cl)c1COc1ccc2c(c1)OCC21CCN(CCCC(=O)O)CC1.Cl. The van der Waals surface area contributed by atoms with Gasteiger partial charge in [0, 0.05) is 34.1 Å². The molecule has 1 spiro atoms. The number of halogens is 2. The lowest BCUT2D eigenvalue weighted by Crippen LogP contribution is -2.43. The van der Waals surface area contributed by atoms with E-state index in [0.29, 0.717) is 25.6 Å². The van der Waals surface area contributed by atoms with Crippen LogP contribution in [0.4, 0.5) is 0 Å². The summed E-state index contributed by atoms with van der Waals surface area (Å²) >= 11 is 6.45. The molecule has 4 rings (SSSR count). The molecule has 0 radical (unpaired) electrons. The number of hydrogen-bond donors (Lipinski definition) is 1. The van der Waals surface area contributed by atoms with E-state index >= 15 is 0 Å². The number of carboxylic acids is 1. The highest BCUT2D eigenvalue weighted by atomic mass is 35.5. The predicted octanol–water partition coefficient (Wildman–Crippen LogP) is 6.06. The standard InChI is InChI=1S/C26H32ClNO4.ClH/c1-18(2)20-5-3-6-23(27)21(20)16-31-19-8-9-22-24(15-19)32-17-26(22)10-13-28(14-11-26)12-4-7-25(29)30;/h3,5-6,8-9,15,18H,4,7,10-14,16-17H2,1-2H3,(H,29,30);1H. The molecule has 1 fully saturated rings. The molecule has 0 bridgehead atoms. The minimum atomic E-state index is -0.718. The highest BCUT2D eigenvalue weighted by molar-refractivity contribution is 6.31. The summed E-state index contributed by atoms with van der Waals surface area (Å²) in [5, 5.41) is 9.58. The molecule has 2 aromatic rings. The Bertz CT molecular complexity index is 971. The van der Waals surface area contributed by atoms with Gasteiger partial charge in [-0.3, -0.25) is 4.79 Å². The normalized spacial score (nSPS) is 16.8. The highest BCUT2D eigenvalue weighted by Gasteiger charge is 2.43. The summed E-state index contributed by atoms with van der Waals surface area (Å²) in [6.45, 7) is 8.27. The summed E-state index contributed by atoms with van der Waals surface area (Å²) in [5.41, 5.74) is 3.59. The van der Waals surface area contributed by atoms with Crippen molar-refractivity contribution in [3.05, 3.63) is 58.1 Å². The van der Waals surface area contributed by atoms with E-state index in [9.17, 15) is 4.79 Å². The molecule has 0 atom stereocenters. The molecule has 2 aliphatic rings. The van der Waals surface area contributed by atoms with Crippen LogP contribution in [0.5, 0.6) is 11.5 Å². The zero-order valence-corrected chi connectivity index (χ0v) is 20.9. The third kappa shape index (κ3) is 5.76. The molecule has 2 aromatic carbocycles. The smallest absolute Gasteiger partial charge is 0.303 e. The number of piperidine rings is 1. The second-order valence-corrected chi connectivity index (χ2v) is 9.72. The van der Waals surface area contributed by atoms with E-state index in [2.05, 4.69) is 30.9 Å². The number of carbonyl (C=O) groups is 1. The Labute approximate surface area is 207 Å². The molecule has 1 saturated heterocycles. The molecule has 0 amide bonds. The van der Waals surface area contributed by atoms with E-state index in [0.717, 1.165) is 54.6 Å². The van der Waals surface area contributed by atoms with Crippen molar-refractivity contribution in [2.75, 3.05) is 26.2 Å². The van der Waals surface area contributed by atoms with E-state index in [1.165, 1.54) is 11.1 Å². The van der Waals surface area contributed by atoms with Crippen molar-refractivity contribution >= 4 is 30.0 Å². The molecule has 0 saturated carbocycles. The van der Waals surface area contributed by atoms with Gasteiger partial charge in [0.2, 0.25) is 0 Å². The van der Waals surface area contributed by atoms with Gasteiger partial charge >= 0.3 is 5.97 Å². The number of fused-ring (bicyclic) bond motifs is 2. The van der Waals surface area contributed by atoms with Crippen molar-refractivity contribution in [3.8, 4) is 11.5 Å². The molecule has 33 heavy (non-hydrogen) atoms. The number of nitrogens with zero attached hydrogens (tertiary/aromatic N) is 1. The van der Waals surface area contributed by atoms with Crippen LogP contribution in [0.15, 0.2) is 36.4 Å². The molecular formula is C26H33Cl2NO4. The Morgan fingerprint density at radius 3 is 2.70 bits per heavy atom. The van der Waals surface area contributed by atoms with Crippen LogP contribution in [0.1, 0.15) is 62.1 Å². The minimum Gasteiger partial charge on any atom is -0.492 e. The van der Waals surface area contributed by atoms with Gasteiger partial charge in [-0.15, -0.1) is 12.4 Å². The average Bonchev–Trinajstić information content (AvgIpc) is 3.11. The minimum absolute atomic E-state index is 0. The molecule has 0 aromatic heterocycles. The van der Waals surface area contributed by atoms with E-state index < -0.39 is 5.97 Å². The number of aliphatic carboxylic acids is 1. The number of hydrogen-bond acceptors (Lipinski definition) is 4. The van der Waals surface area contributed by atoms with Gasteiger partial charge < -0.3 is 19.5 Å². The molecule has 7 heteroatoms. The fourth-order valence-electron chi connectivity index (χ4n) is 4.94. The van der Waals surface area contributed by atoms with Crippen molar-refractivity contribution in [1.29, 1.82) is 0 Å². The predicted molar refractivity (Wildman–Crippen MR) is 133 cm³/mol. The average molecular weight is 494 g/mol. The molecule has 2 heterocycles. The van der Waals surface area contributed by atoms with Gasteiger partial charge in [-0.05, 0) is 62.5 Å². The number of rotatable bonds is 8. The molecular weight excluding hydrogens is 461 g/mol. The number of likely N-dealkylation sites (tertiary alicyclic amines) is 1. The lowest BCUT2D eigenvalue weighted by atomic mass is 9.74. The van der Waals surface area contributed by atoms with Gasteiger partial charge in [0.15, 0.2) is 0 Å². The van der Waals surface area contributed by atoms with Crippen LogP contribution in [-0.2, 0) is 16.8 Å². The van der Waals surface area contributed by atoms with Crippen LogP contribution in [0, 0.1) is 0 Å². The molecule has 1 N–H and O–H groups in total. The topological polar surface area (TPSA) is 59.0 Å². The summed E-state index contributed by atoms with van der Waals surface area (Å²) in [4.78, 5) is 13.1. The Kier molecular flexibility index (Phi) is 8.54. The zero-order valence-electron chi connectivity index (χ0n) is 19.3. The Morgan fingerprint density at radius 1 is 1.24 bits per heavy atom. The van der Waals surface area contributed by atoms with Gasteiger partial charge in [-0.1, -0.05) is 43.6 Å². The Hall–Kier alpha value is -1.95. The van der Waals surface area contributed by atoms with Gasteiger partial charge in [0.25, 0.3) is 0 Å². The van der Waals surface area contributed by atoms with Crippen molar-refractivity contribution < 1.29 is 19.4 Å². The first-order chi connectivity index (χ1) is 15.4. The first-order valence-corrected chi connectivity index (χ1v) is 11.9. The van der Waals surface area contributed by atoms with Crippen LogP contribution in [0.3, 0.4) is 0 Å². The number of benzene rings is 2. The van der Waals surface area contributed by atoms with Crippen molar-refractivity contribution in [1.82, 2.24) is 4.90 Å².